The van der Waals surface area contributed by atoms with E-state index in [4.69, 9.17) is 4.74 Å². The van der Waals surface area contributed by atoms with Crippen LogP contribution < -0.4 is 0 Å². The molecule has 2 atom stereocenters. The largest absolute Gasteiger partial charge is 0.447 e. The number of hydrogen-bond acceptors (Lipinski definition) is 3. The Morgan fingerprint density at radius 1 is 1.65 bits per heavy atom. The Balaban J connectivity index is 2.81. The number of nitrogens with zero attached hydrogens (tertiary/aromatic N) is 1. The Hall–Kier alpha value is -1.32. The van der Waals surface area contributed by atoms with E-state index in [1.807, 2.05) is 27.7 Å². The molecular formula is C13H21NO3. The van der Waals surface area contributed by atoms with E-state index in [0.717, 1.165) is 0 Å². The van der Waals surface area contributed by atoms with Crippen LogP contribution in [0.5, 0.6) is 0 Å². The number of imide groups is 1. The molecule has 1 heterocycles. The van der Waals surface area contributed by atoms with Crippen molar-refractivity contribution in [2.75, 3.05) is 6.61 Å². The molecule has 1 saturated heterocycles. The van der Waals surface area contributed by atoms with Gasteiger partial charge in [-0.3, -0.25) is 4.79 Å². The molecule has 96 valence electrons. The first kappa shape index (κ1) is 13.7. The van der Waals surface area contributed by atoms with E-state index in [0.29, 0.717) is 6.42 Å². The molecule has 0 saturated carbocycles. The second kappa shape index (κ2) is 4.90. The van der Waals surface area contributed by atoms with Crippen molar-refractivity contribution in [3.05, 3.63) is 12.7 Å². The van der Waals surface area contributed by atoms with E-state index in [9.17, 15) is 9.59 Å². The van der Waals surface area contributed by atoms with E-state index >= 15 is 0 Å². The molecule has 0 aromatic carbocycles. The van der Waals surface area contributed by atoms with Crippen molar-refractivity contribution in [1.82, 2.24) is 4.90 Å². The van der Waals surface area contributed by atoms with Crippen molar-refractivity contribution in [3.63, 3.8) is 0 Å². The first-order valence-electron chi connectivity index (χ1n) is 5.88. The molecule has 0 radical (unpaired) electrons. The van der Waals surface area contributed by atoms with Crippen LogP contribution in [0.15, 0.2) is 12.7 Å². The second-order valence-corrected chi connectivity index (χ2v) is 5.64. The van der Waals surface area contributed by atoms with Crippen LogP contribution >= 0.6 is 0 Å². The highest BCUT2D eigenvalue weighted by molar-refractivity contribution is 5.93. The van der Waals surface area contributed by atoms with Crippen LogP contribution in [0.2, 0.25) is 0 Å². The Bertz CT molecular complexity index is 330. The number of amides is 2. The van der Waals surface area contributed by atoms with Crippen LogP contribution in [0, 0.1) is 11.3 Å². The molecule has 0 bridgehead atoms. The Morgan fingerprint density at radius 3 is 2.71 bits per heavy atom. The Labute approximate surface area is 103 Å². The van der Waals surface area contributed by atoms with E-state index in [1.165, 1.54) is 4.90 Å². The maximum absolute atomic E-state index is 12.1. The number of carbonyl (C=O) groups excluding carboxylic acids is 2. The zero-order chi connectivity index (χ0) is 13.2. The highest BCUT2D eigenvalue weighted by Crippen LogP contribution is 2.30. The van der Waals surface area contributed by atoms with Crippen LogP contribution in [0.3, 0.4) is 0 Å². The lowest BCUT2D eigenvalue weighted by molar-refractivity contribution is -0.131. The van der Waals surface area contributed by atoms with Crippen LogP contribution in [0.4, 0.5) is 4.79 Å². The minimum atomic E-state index is -0.522. The van der Waals surface area contributed by atoms with Gasteiger partial charge in [-0.25, -0.2) is 9.69 Å². The van der Waals surface area contributed by atoms with Crippen molar-refractivity contribution in [2.45, 2.75) is 40.2 Å². The SMILES string of the molecule is C=C[C@@H](C)CC(=O)N1C(=O)OC[C@@H]1C(C)(C)C. The topological polar surface area (TPSA) is 46.6 Å². The molecule has 0 aliphatic carbocycles. The molecule has 1 fully saturated rings. The normalized spacial score (nSPS) is 22.2. The number of carbonyl (C=O) groups is 2. The molecule has 1 aliphatic heterocycles. The smallest absolute Gasteiger partial charge is 0.416 e. The van der Waals surface area contributed by atoms with Crippen molar-refractivity contribution in [3.8, 4) is 0 Å². The fraction of sp³-hybridized carbons (Fsp3) is 0.692. The average Bonchev–Trinajstić information content (AvgIpc) is 2.59. The second-order valence-electron chi connectivity index (χ2n) is 5.64. The molecule has 0 unspecified atom stereocenters. The van der Waals surface area contributed by atoms with E-state index < -0.39 is 6.09 Å². The van der Waals surface area contributed by atoms with Crippen LogP contribution in [-0.4, -0.2) is 29.5 Å². The van der Waals surface area contributed by atoms with Gasteiger partial charge in [0.15, 0.2) is 0 Å². The maximum Gasteiger partial charge on any atom is 0.416 e. The molecule has 4 heteroatoms. The number of ether oxygens (including phenoxy) is 1. The molecule has 0 aromatic heterocycles. The van der Waals surface area contributed by atoms with Gasteiger partial charge in [0, 0.05) is 6.42 Å². The van der Waals surface area contributed by atoms with Gasteiger partial charge in [-0.2, -0.15) is 0 Å². The highest BCUT2D eigenvalue weighted by atomic mass is 16.6. The number of hydrogen-bond donors (Lipinski definition) is 0. The quantitative estimate of drug-likeness (QED) is 0.711. The number of cyclic esters (lactones) is 1. The molecule has 0 spiro atoms. The highest BCUT2D eigenvalue weighted by Gasteiger charge is 2.43. The van der Waals surface area contributed by atoms with Crippen LogP contribution in [0.25, 0.3) is 0 Å². The molecule has 2 amide bonds. The lowest BCUT2D eigenvalue weighted by Gasteiger charge is -2.31. The average molecular weight is 239 g/mol. The zero-order valence-corrected chi connectivity index (χ0v) is 11.0. The minimum absolute atomic E-state index is 0.0662. The van der Waals surface area contributed by atoms with Gasteiger partial charge in [-0.1, -0.05) is 33.8 Å². The summed E-state index contributed by atoms with van der Waals surface area (Å²) in [4.78, 5) is 24.9. The summed E-state index contributed by atoms with van der Waals surface area (Å²) in [5, 5.41) is 0. The molecule has 1 rings (SSSR count). The lowest BCUT2D eigenvalue weighted by atomic mass is 9.86. The molecule has 0 aromatic rings. The van der Waals surface area contributed by atoms with E-state index in [1.54, 1.807) is 6.08 Å². The molecule has 1 aliphatic rings. The third-order valence-corrected chi connectivity index (χ3v) is 3.04. The molecular weight excluding hydrogens is 218 g/mol. The fourth-order valence-electron chi connectivity index (χ4n) is 1.79. The van der Waals surface area contributed by atoms with Gasteiger partial charge >= 0.3 is 6.09 Å². The van der Waals surface area contributed by atoms with E-state index in [2.05, 4.69) is 6.58 Å². The predicted molar refractivity (Wildman–Crippen MR) is 65.4 cm³/mol. The summed E-state index contributed by atoms with van der Waals surface area (Å²) >= 11 is 0. The van der Waals surface area contributed by atoms with Gasteiger partial charge < -0.3 is 4.74 Å². The summed E-state index contributed by atoms with van der Waals surface area (Å²) in [5.41, 5.74) is -0.167. The zero-order valence-electron chi connectivity index (χ0n) is 11.0. The van der Waals surface area contributed by atoms with Gasteiger partial charge in [0.25, 0.3) is 0 Å². The summed E-state index contributed by atoms with van der Waals surface area (Å²) in [7, 11) is 0. The fourth-order valence-corrected chi connectivity index (χ4v) is 1.79. The summed E-state index contributed by atoms with van der Waals surface area (Å²) in [6, 6.07) is -0.181. The van der Waals surface area contributed by atoms with Crippen molar-refractivity contribution in [1.29, 1.82) is 0 Å². The summed E-state index contributed by atoms with van der Waals surface area (Å²) < 4.78 is 4.98. The van der Waals surface area contributed by atoms with Gasteiger partial charge in [-0.15, -0.1) is 6.58 Å². The molecule has 17 heavy (non-hydrogen) atoms. The molecule has 0 N–H and O–H groups in total. The first-order valence-corrected chi connectivity index (χ1v) is 5.88. The van der Waals surface area contributed by atoms with Gasteiger partial charge in [0.05, 0.1) is 6.04 Å². The maximum atomic E-state index is 12.1. The standard InChI is InChI=1S/C13H21NO3/c1-6-9(2)7-11(15)14-10(13(3,4)5)8-17-12(14)16/h6,9-10H,1,7-8H2,2-5H3/t9-,10-/m1/s1. The predicted octanol–water partition coefficient (Wildman–Crippen LogP) is 2.59. The Morgan fingerprint density at radius 2 is 2.24 bits per heavy atom. The third kappa shape index (κ3) is 3.08. The first-order chi connectivity index (χ1) is 7.77. The monoisotopic (exact) mass is 239 g/mol. The van der Waals surface area contributed by atoms with E-state index in [-0.39, 0.29) is 29.9 Å². The Kier molecular flexibility index (Phi) is 3.96. The number of rotatable bonds is 3. The van der Waals surface area contributed by atoms with Gasteiger partial charge in [-0.05, 0) is 11.3 Å². The summed E-state index contributed by atoms with van der Waals surface area (Å²) in [5.74, 6) is -0.114. The summed E-state index contributed by atoms with van der Waals surface area (Å²) in [6.07, 6.45) is 1.49. The number of allylic oxidation sites excluding steroid dienone is 1. The third-order valence-electron chi connectivity index (χ3n) is 3.04. The van der Waals surface area contributed by atoms with Crippen molar-refractivity contribution < 1.29 is 14.3 Å². The van der Waals surface area contributed by atoms with Gasteiger partial charge in [0.1, 0.15) is 6.61 Å². The van der Waals surface area contributed by atoms with Crippen LogP contribution in [0.1, 0.15) is 34.1 Å². The van der Waals surface area contributed by atoms with Gasteiger partial charge in [0.2, 0.25) is 5.91 Å². The van der Waals surface area contributed by atoms with Crippen molar-refractivity contribution in [2.24, 2.45) is 11.3 Å². The molecule has 4 nitrogen and oxygen atoms in total. The lowest BCUT2D eigenvalue weighted by Crippen LogP contribution is -2.46. The minimum Gasteiger partial charge on any atom is -0.447 e. The summed E-state index contributed by atoms with van der Waals surface area (Å²) in [6.45, 7) is 11.8. The van der Waals surface area contributed by atoms with Crippen LogP contribution in [-0.2, 0) is 9.53 Å². The van der Waals surface area contributed by atoms with Crippen molar-refractivity contribution >= 4 is 12.0 Å².